The fourth-order valence-electron chi connectivity index (χ4n) is 1.78. The van der Waals surface area contributed by atoms with E-state index >= 15 is 0 Å². The number of para-hydroxylation sites is 2. The summed E-state index contributed by atoms with van der Waals surface area (Å²) in [7, 11) is -3.57. The Morgan fingerprint density at radius 2 is 1.23 bits per heavy atom. The molecule has 0 atom stereocenters. The van der Waals surface area contributed by atoms with Gasteiger partial charge in [-0.2, -0.15) is 0 Å². The minimum absolute atomic E-state index is 0.404. The molecule has 2 rings (SSSR count). The zero-order chi connectivity index (χ0) is 16.2. The second-order valence-corrected chi connectivity index (χ2v) is 7.90. The second-order valence-electron chi connectivity index (χ2n) is 6.00. The van der Waals surface area contributed by atoms with Crippen molar-refractivity contribution in [2.24, 2.45) is 5.41 Å². The molecule has 0 fully saturated rings. The molecule has 4 heteroatoms. The van der Waals surface area contributed by atoms with Crippen LogP contribution in [0.2, 0.25) is 0 Å². The Bertz CT molecular complexity index is 627. The Morgan fingerprint density at radius 1 is 0.864 bits per heavy atom. The lowest BCUT2D eigenvalue weighted by atomic mass is 9.97. The lowest BCUT2D eigenvalue weighted by molar-refractivity contribution is 0.378. The Balaban J connectivity index is 2.36. The molecule has 0 saturated carbocycles. The Morgan fingerprint density at radius 3 is 1.55 bits per heavy atom. The van der Waals surface area contributed by atoms with Crippen LogP contribution < -0.4 is 9.05 Å². The first-order chi connectivity index (χ1) is 10.3. The highest BCUT2D eigenvalue weighted by Crippen LogP contribution is 2.60. The van der Waals surface area contributed by atoms with Crippen molar-refractivity contribution in [3.05, 3.63) is 72.6 Å². The molecule has 0 aliphatic carbocycles. The monoisotopic (exact) mass is 316 g/mol. The molecule has 22 heavy (non-hydrogen) atoms. The molecule has 3 nitrogen and oxygen atoms in total. The van der Waals surface area contributed by atoms with Crippen LogP contribution in [0.1, 0.15) is 20.8 Å². The molecule has 0 aliphatic rings. The summed E-state index contributed by atoms with van der Waals surface area (Å²) in [6.45, 7) is 9.78. The van der Waals surface area contributed by atoms with Gasteiger partial charge in [-0.3, -0.25) is 0 Å². The van der Waals surface area contributed by atoms with Crippen LogP contribution in [0, 0.1) is 5.41 Å². The maximum absolute atomic E-state index is 13.4. The van der Waals surface area contributed by atoms with Crippen LogP contribution in [0.3, 0.4) is 0 Å². The van der Waals surface area contributed by atoms with E-state index in [4.69, 9.17) is 9.05 Å². The molecular weight excluding hydrogens is 295 g/mol. The fraction of sp³-hybridized carbons (Fsp3) is 0.222. The summed E-state index contributed by atoms with van der Waals surface area (Å²) in [6, 6.07) is 18.0. The van der Waals surface area contributed by atoms with Gasteiger partial charge in [-0.05, 0) is 29.7 Å². The van der Waals surface area contributed by atoms with E-state index in [0.717, 1.165) is 0 Å². The van der Waals surface area contributed by atoms with Crippen LogP contribution in [0.5, 0.6) is 11.5 Å². The lowest BCUT2D eigenvalue weighted by Gasteiger charge is -2.28. The summed E-state index contributed by atoms with van der Waals surface area (Å²) >= 11 is 0. The number of hydrogen-bond acceptors (Lipinski definition) is 3. The van der Waals surface area contributed by atoms with Crippen molar-refractivity contribution in [3.8, 4) is 11.5 Å². The highest BCUT2D eigenvalue weighted by Gasteiger charge is 2.39. The molecule has 116 valence electrons. The van der Waals surface area contributed by atoms with Crippen molar-refractivity contribution >= 4 is 7.60 Å². The molecule has 2 aromatic rings. The van der Waals surface area contributed by atoms with E-state index in [1.54, 1.807) is 24.3 Å². The number of rotatable bonds is 5. The van der Waals surface area contributed by atoms with Crippen molar-refractivity contribution < 1.29 is 13.6 Å². The first-order valence-electron chi connectivity index (χ1n) is 7.10. The van der Waals surface area contributed by atoms with Gasteiger partial charge in [0.25, 0.3) is 0 Å². The number of allylic oxidation sites excluding steroid dienone is 1. The van der Waals surface area contributed by atoms with Gasteiger partial charge >= 0.3 is 7.60 Å². The molecule has 0 aromatic heterocycles. The smallest absolute Gasteiger partial charge is 0.413 e. The molecular formula is C18H21O3P. The summed E-state index contributed by atoms with van der Waals surface area (Å²) in [6.07, 6.45) is 0. The Hall–Kier alpha value is -1.99. The third kappa shape index (κ3) is 4.02. The van der Waals surface area contributed by atoms with Crippen molar-refractivity contribution in [2.75, 3.05) is 0 Å². The predicted molar refractivity (Wildman–Crippen MR) is 90.3 cm³/mol. The normalized spacial score (nSPS) is 11.8. The van der Waals surface area contributed by atoms with E-state index in [1.807, 2.05) is 57.2 Å². The van der Waals surface area contributed by atoms with Crippen LogP contribution in [0.25, 0.3) is 0 Å². The maximum Gasteiger partial charge on any atom is 0.458 e. The zero-order valence-corrected chi connectivity index (χ0v) is 14.0. The van der Waals surface area contributed by atoms with Crippen molar-refractivity contribution in [3.63, 3.8) is 0 Å². The van der Waals surface area contributed by atoms with Crippen molar-refractivity contribution in [1.82, 2.24) is 0 Å². The minimum atomic E-state index is -3.57. The topological polar surface area (TPSA) is 35.5 Å². The highest BCUT2D eigenvalue weighted by atomic mass is 31.2. The summed E-state index contributed by atoms with van der Waals surface area (Å²) in [4.78, 5) is 0. The highest BCUT2D eigenvalue weighted by molar-refractivity contribution is 7.59. The third-order valence-electron chi connectivity index (χ3n) is 3.13. The fourth-order valence-corrected chi connectivity index (χ4v) is 3.66. The number of benzene rings is 2. The van der Waals surface area contributed by atoms with Crippen LogP contribution >= 0.6 is 7.60 Å². The summed E-state index contributed by atoms with van der Waals surface area (Å²) in [5, 5.41) is 0.438. The molecule has 0 heterocycles. The van der Waals surface area contributed by atoms with Gasteiger partial charge in [-0.25, -0.2) is 4.57 Å². The molecule has 0 bridgehead atoms. The summed E-state index contributed by atoms with van der Waals surface area (Å²) < 4.78 is 24.8. The van der Waals surface area contributed by atoms with Gasteiger partial charge in [0, 0.05) is 0 Å². The predicted octanol–water partition coefficient (Wildman–Crippen LogP) is 5.90. The summed E-state index contributed by atoms with van der Waals surface area (Å²) in [5.41, 5.74) is -0.404. The molecule has 0 unspecified atom stereocenters. The Labute approximate surface area is 132 Å². The SMILES string of the molecule is C=C(C(C)(C)C)P(=O)(Oc1ccccc1)Oc1ccccc1. The average molecular weight is 316 g/mol. The van der Waals surface area contributed by atoms with Gasteiger partial charge in [-0.15, -0.1) is 0 Å². The van der Waals surface area contributed by atoms with E-state index in [0.29, 0.717) is 16.8 Å². The first kappa shape index (κ1) is 16.4. The molecule has 0 amide bonds. The molecule has 0 radical (unpaired) electrons. The molecule has 0 N–H and O–H groups in total. The van der Waals surface area contributed by atoms with Crippen LogP contribution in [0.15, 0.2) is 72.6 Å². The molecule has 2 aromatic carbocycles. The van der Waals surface area contributed by atoms with Gasteiger partial charge < -0.3 is 9.05 Å². The molecule has 0 spiro atoms. The lowest BCUT2D eigenvalue weighted by Crippen LogP contribution is -2.14. The third-order valence-corrected chi connectivity index (χ3v) is 5.37. The Kier molecular flexibility index (Phi) is 4.77. The van der Waals surface area contributed by atoms with Gasteiger partial charge in [0.2, 0.25) is 0 Å². The minimum Gasteiger partial charge on any atom is -0.413 e. The van der Waals surface area contributed by atoms with Crippen LogP contribution in [-0.4, -0.2) is 0 Å². The van der Waals surface area contributed by atoms with Crippen LogP contribution in [0.4, 0.5) is 0 Å². The summed E-state index contributed by atoms with van der Waals surface area (Å²) in [5.74, 6) is 0.985. The van der Waals surface area contributed by atoms with Crippen molar-refractivity contribution in [1.29, 1.82) is 0 Å². The molecule has 0 saturated heterocycles. The first-order valence-corrected chi connectivity index (χ1v) is 8.65. The zero-order valence-electron chi connectivity index (χ0n) is 13.2. The second kappa shape index (κ2) is 6.41. The maximum atomic E-state index is 13.4. The van der Waals surface area contributed by atoms with E-state index in [2.05, 4.69) is 6.58 Å². The van der Waals surface area contributed by atoms with E-state index in [9.17, 15) is 4.57 Å². The van der Waals surface area contributed by atoms with Gasteiger partial charge in [0.15, 0.2) is 0 Å². The van der Waals surface area contributed by atoms with Gasteiger partial charge in [-0.1, -0.05) is 63.7 Å². The quantitative estimate of drug-likeness (QED) is 0.644. The van der Waals surface area contributed by atoms with E-state index in [1.165, 1.54) is 0 Å². The largest absolute Gasteiger partial charge is 0.458 e. The van der Waals surface area contributed by atoms with Gasteiger partial charge in [0.1, 0.15) is 11.5 Å². The van der Waals surface area contributed by atoms with Crippen LogP contribution in [-0.2, 0) is 4.57 Å². The average Bonchev–Trinajstić information content (AvgIpc) is 2.47. The number of hydrogen-bond donors (Lipinski definition) is 0. The van der Waals surface area contributed by atoms with E-state index in [-0.39, 0.29) is 0 Å². The van der Waals surface area contributed by atoms with Crippen molar-refractivity contribution in [2.45, 2.75) is 20.8 Å². The molecule has 0 aliphatic heterocycles. The standard InChI is InChI=1S/C18H21O3P/c1-15(18(2,3)4)22(19,20-16-11-7-5-8-12-16)21-17-13-9-6-10-14-17/h5-14H,1H2,2-4H3. The van der Waals surface area contributed by atoms with Gasteiger partial charge in [0.05, 0.1) is 5.31 Å². The van der Waals surface area contributed by atoms with E-state index < -0.39 is 13.0 Å².